The van der Waals surface area contributed by atoms with E-state index in [-0.39, 0.29) is 5.28 Å². The van der Waals surface area contributed by atoms with Gasteiger partial charge in [0, 0.05) is 0 Å². The Kier molecular flexibility index (Phi) is 4.24. The number of rotatable bonds is 4. The fourth-order valence-corrected chi connectivity index (χ4v) is 1.21. The minimum absolute atomic E-state index is 0.172. The zero-order valence-corrected chi connectivity index (χ0v) is 9.02. The van der Waals surface area contributed by atoms with Crippen LogP contribution in [0.1, 0.15) is 13.3 Å². The zero-order chi connectivity index (χ0) is 9.68. The maximum Gasteiger partial charge on any atom is 0.321 e. The molecule has 0 aliphatic rings. The molecule has 0 saturated carbocycles. The Balaban J connectivity index is 2.76. The van der Waals surface area contributed by atoms with Crippen LogP contribution in [-0.4, -0.2) is 27.8 Å². The second kappa shape index (κ2) is 5.24. The van der Waals surface area contributed by atoms with Gasteiger partial charge >= 0.3 is 6.01 Å². The SMILES string of the molecule is CCCOc1nc(Cl)nc(SC)n1. The monoisotopic (exact) mass is 219 g/mol. The van der Waals surface area contributed by atoms with Gasteiger partial charge in [0.15, 0.2) is 5.16 Å². The molecule has 1 aromatic rings. The normalized spacial score (nSPS) is 10.1. The van der Waals surface area contributed by atoms with E-state index in [1.165, 1.54) is 11.8 Å². The molecule has 0 amide bonds. The first-order valence-corrected chi connectivity index (χ1v) is 5.45. The highest BCUT2D eigenvalue weighted by Gasteiger charge is 2.03. The maximum absolute atomic E-state index is 5.65. The predicted molar refractivity (Wildman–Crippen MR) is 52.4 cm³/mol. The number of aromatic nitrogens is 3. The number of hydrogen-bond donors (Lipinski definition) is 0. The van der Waals surface area contributed by atoms with Crippen molar-refractivity contribution in [3.8, 4) is 6.01 Å². The lowest BCUT2D eigenvalue weighted by atomic mass is 10.5. The summed E-state index contributed by atoms with van der Waals surface area (Å²) in [5.41, 5.74) is 0. The van der Waals surface area contributed by atoms with Crippen molar-refractivity contribution in [2.75, 3.05) is 12.9 Å². The van der Waals surface area contributed by atoms with E-state index in [1.807, 2.05) is 13.2 Å². The van der Waals surface area contributed by atoms with Gasteiger partial charge in [-0.1, -0.05) is 18.7 Å². The lowest BCUT2D eigenvalue weighted by Crippen LogP contribution is -2.02. The summed E-state index contributed by atoms with van der Waals surface area (Å²) in [7, 11) is 0. The van der Waals surface area contributed by atoms with Gasteiger partial charge in [0.25, 0.3) is 0 Å². The fourth-order valence-electron chi connectivity index (χ4n) is 0.664. The van der Waals surface area contributed by atoms with E-state index in [0.29, 0.717) is 17.8 Å². The fraction of sp³-hybridized carbons (Fsp3) is 0.571. The van der Waals surface area contributed by atoms with Gasteiger partial charge in [-0.2, -0.15) is 15.0 Å². The zero-order valence-electron chi connectivity index (χ0n) is 7.45. The molecule has 72 valence electrons. The van der Waals surface area contributed by atoms with Crippen LogP contribution in [0, 0.1) is 0 Å². The molecular weight excluding hydrogens is 210 g/mol. The minimum atomic E-state index is 0.172. The number of ether oxygens (including phenoxy) is 1. The number of hydrogen-bond acceptors (Lipinski definition) is 5. The van der Waals surface area contributed by atoms with Crippen molar-refractivity contribution in [2.24, 2.45) is 0 Å². The molecule has 0 aliphatic carbocycles. The highest BCUT2D eigenvalue weighted by molar-refractivity contribution is 7.98. The summed E-state index contributed by atoms with van der Waals surface area (Å²) in [6, 6.07) is 0.297. The largest absolute Gasteiger partial charge is 0.463 e. The second-order valence-electron chi connectivity index (χ2n) is 2.22. The Morgan fingerprint density at radius 1 is 1.38 bits per heavy atom. The summed E-state index contributed by atoms with van der Waals surface area (Å²) < 4.78 is 5.22. The van der Waals surface area contributed by atoms with Crippen LogP contribution in [0.15, 0.2) is 5.16 Å². The Hall–Kier alpha value is -0.550. The van der Waals surface area contributed by atoms with Crippen molar-refractivity contribution in [3.63, 3.8) is 0 Å². The van der Waals surface area contributed by atoms with Crippen molar-refractivity contribution < 1.29 is 4.74 Å². The molecule has 0 aromatic carbocycles. The first-order chi connectivity index (χ1) is 6.26. The summed E-state index contributed by atoms with van der Waals surface area (Å²) in [5, 5.41) is 0.747. The summed E-state index contributed by atoms with van der Waals surface area (Å²) in [6.45, 7) is 2.60. The van der Waals surface area contributed by atoms with Crippen LogP contribution in [0.25, 0.3) is 0 Å². The standard InChI is InChI=1S/C7H10ClN3OS/c1-3-4-12-6-9-5(8)10-7(11-6)13-2/h3-4H2,1-2H3. The van der Waals surface area contributed by atoms with Gasteiger partial charge in [-0.25, -0.2) is 0 Å². The number of halogens is 1. The highest BCUT2D eigenvalue weighted by atomic mass is 35.5. The molecule has 6 heteroatoms. The van der Waals surface area contributed by atoms with Crippen LogP contribution >= 0.6 is 23.4 Å². The average molecular weight is 220 g/mol. The van der Waals surface area contributed by atoms with E-state index in [0.717, 1.165) is 6.42 Å². The second-order valence-corrected chi connectivity index (χ2v) is 3.33. The van der Waals surface area contributed by atoms with Crippen molar-refractivity contribution >= 4 is 23.4 Å². The van der Waals surface area contributed by atoms with Crippen molar-refractivity contribution in [3.05, 3.63) is 5.28 Å². The lowest BCUT2D eigenvalue weighted by molar-refractivity contribution is 0.288. The minimum Gasteiger partial charge on any atom is -0.463 e. The molecule has 0 N–H and O–H groups in total. The van der Waals surface area contributed by atoms with Gasteiger partial charge in [-0.05, 0) is 24.3 Å². The molecule has 0 bridgehead atoms. The molecule has 0 unspecified atom stereocenters. The Bertz CT molecular complexity index is 284. The quantitative estimate of drug-likeness (QED) is 0.726. The first-order valence-electron chi connectivity index (χ1n) is 3.84. The van der Waals surface area contributed by atoms with Gasteiger partial charge in [-0.3, -0.25) is 0 Å². The van der Waals surface area contributed by atoms with Crippen molar-refractivity contribution in [1.29, 1.82) is 0 Å². The van der Waals surface area contributed by atoms with Crippen LogP contribution < -0.4 is 4.74 Å². The first kappa shape index (κ1) is 10.5. The number of nitrogens with zero attached hydrogens (tertiary/aromatic N) is 3. The molecule has 1 rings (SSSR count). The lowest BCUT2D eigenvalue weighted by Gasteiger charge is -2.02. The van der Waals surface area contributed by atoms with E-state index < -0.39 is 0 Å². The highest BCUT2D eigenvalue weighted by Crippen LogP contribution is 2.14. The van der Waals surface area contributed by atoms with Gasteiger partial charge in [0.2, 0.25) is 5.28 Å². The summed E-state index contributed by atoms with van der Waals surface area (Å²) in [4.78, 5) is 11.7. The van der Waals surface area contributed by atoms with Crippen LogP contribution in [0.3, 0.4) is 0 Å². The third kappa shape index (κ3) is 3.36. The molecule has 0 aliphatic heterocycles. The van der Waals surface area contributed by atoms with E-state index in [2.05, 4.69) is 15.0 Å². The Morgan fingerprint density at radius 3 is 2.77 bits per heavy atom. The Morgan fingerprint density at radius 2 is 2.15 bits per heavy atom. The smallest absolute Gasteiger partial charge is 0.321 e. The topological polar surface area (TPSA) is 47.9 Å². The van der Waals surface area contributed by atoms with Crippen LogP contribution in [0.4, 0.5) is 0 Å². The molecule has 0 spiro atoms. The molecule has 1 aromatic heterocycles. The van der Waals surface area contributed by atoms with E-state index in [1.54, 1.807) is 0 Å². The van der Waals surface area contributed by atoms with Crippen molar-refractivity contribution in [2.45, 2.75) is 18.5 Å². The van der Waals surface area contributed by atoms with Gasteiger partial charge in [0.05, 0.1) is 6.61 Å². The van der Waals surface area contributed by atoms with Gasteiger partial charge in [0.1, 0.15) is 0 Å². The van der Waals surface area contributed by atoms with E-state index >= 15 is 0 Å². The third-order valence-corrected chi connectivity index (χ3v) is 1.90. The molecule has 0 radical (unpaired) electrons. The average Bonchev–Trinajstić information content (AvgIpc) is 2.14. The summed E-state index contributed by atoms with van der Waals surface area (Å²) >= 11 is 7.06. The summed E-state index contributed by atoms with van der Waals surface area (Å²) in [6.07, 6.45) is 2.78. The third-order valence-electron chi connectivity index (χ3n) is 1.18. The van der Waals surface area contributed by atoms with E-state index in [9.17, 15) is 0 Å². The van der Waals surface area contributed by atoms with E-state index in [4.69, 9.17) is 16.3 Å². The van der Waals surface area contributed by atoms with Crippen LogP contribution in [0.5, 0.6) is 6.01 Å². The molecular formula is C7H10ClN3OS. The Labute approximate surface area is 86.1 Å². The van der Waals surface area contributed by atoms with Gasteiger partial charge in [-0.15, -0.1) is 0 Å². The molecule has 4 nitrogen and oxygen atoms in total. The molecule has 13 heavy (non-hydrogen) atoms. The number of thioether (sulfide) groups is 1. The predicted octanol–water partition coefficient (Wildman–Crippen LogP) is 2.04. The van der Waals surface area contributed by atoms with Crippen LogP contribution in [-0.2, 0) is 0 Å². The van der Waals surface area contributed by atoms with Gasteiger partial charge < -0.3 is 4.74 Å². The van der Waals surface area contributed by atoms with Crippen molar-refractivity contribution in [1.82, 2.24) is 15.0 Å². The molecule has 0 fully saturated rings. The molecule has 1 heterocycles. The summed E-state index contributed by atoms with van der Waals surface area (Å²) in [5.74, 6) is 0. The maximum atomic E-state index is 5.65. The molecule has 0 atom stereocenters. The van der Waals surface area contributed by atoms with Crippen LogP contribution in [0.2, 0.25) is 5.28 Å². The molecule has 0 saturated heterocycles.